The molecule has 0 radical (unpaired) electrons. The molecule has 1 aromatic carbocycles. The normalized spacial score (nSPS) is 10.0. The molecule has 0 aromatic heterocycles. The van der Waals surface area contributed by atoms with Gasteiger partial charge in [-0.3, -0.25) is 4.84 Å². The number of hydrogen-bond acceptors (Lipinski definition) is 3. The molecule has 0 aliphatic heterocycles. The van der Waals surface area contributed by atoms with Crippen LogP contribution < -0.4 is 5.90 Å². The van der Waals surface area contributed by atoms with Gasteiger partial charge in [-0.05, 0) is 24.1 Å². The number of carboxylic acids is 1. The SMILES string of the molecule is Cc1cccc(C(=O)O)c1CON. The maximum Gasteiger partial charge on any atom is 0.336 e. The molecule has 0 spiro atoms. The maximum atomic E-state index is 10.8. The second kappa shape index (κ2) is 4.02. The Labute approximate surface area is 75.9 Å². The van der Waals surface area contributed by atoms with Gasteiger partial charge in [-0.15, -0.1) is 0 Å². The summed E-state index contributed by atoms with van der Waals surface area (Å²) in [5, 5.41) is 8.82. The van der Waals surface area contributed by atoms with Crippen LogP contribution in [0.25, 0.3) is 0 Å². The molecular weight excluding hydrogens is 170 g/mol. The van der Waals surface area contributed by atoms with E-state index >= 15 is 0 Å². The predicted octanol–water partition coefficient (Wildman–Crippen LogP) is 1.08. The first-order valence-corrected chi connectivity index (χ1v) is 3.80. The maximum absolute atomic E-state index is 10.8. The lowest BCUT2D eigenvalue weighted by Gasteiger charge is -2.07. The van der Waals surface area contributed by atoms with E-state index in [1.54, 1.807) is 6.07 Å². The predicted molar refractivity (Wildman–Crippen MR) is 47.1 cm³/mol. The summed E-state index contributed by atoms with van der Waals surface area (Å²) in [5.74, 6) is 3.94. The summed E-state index contributed by atoms with van der Waals surface area (Å²) in [6.45, 7) is 1.94. The summed E-state index contributed by atoms with van der Waals surface area (Å²) in [6.07, 6.45) is 0. The van der Waals surface area contributed by atoms with Crippen molar-refractivity contribution < 1.29 is 14.7 Å². The average Bonchev–Trinajstić information content (AvgIpc) is 2.08. The van der Waals surface area contributed by atoms with Gasteiger partial charge in [0.15, 0.2) is 0 Å². The number of aromatic carboxylic acids is 1. The van der Waals surface area contributed by atoms with Crippen LogP contribution in [0, 0.1) is 6.92 Å². The van der Waals surface area contributed by atoms with Crippen LogP contribution in [0.1, 0.15) is 21.5 Å². The number of carbonyl (C=O) groups is 1. The van der Waals surface area contributed by atoms with Gasteiger partial charge in [0.05, 0.1) is 12.2 Å². The standard InChI is InChI=1S/C9H11NO3/c1-6-3-2-4-7(9(11)12)8(6)5-13-10/h2-4H,5,10H2,1H3,(H,11,12). The first-order chi connectivity index (χ1) is 6.16. The van der Waals surface area contributed by atoms with E-state index in [1.807, 2.05) is 13.0 Å². The minimum Gasteiger partial charge on any atom is -0.478 e. The zero-order chi connectivity index (χ0) is 9.84. The summed E-state index contributed by atoms with van der Waals surface area (Å²) >= 11 is 0. The third-order valence-corrected chi connectivity index (χ3v) is 1.87. The third-order valence-electron chi connectivity index (χ3n) is 1.87. The lowest BCUT2D eigenvalue weighted by molar-refractivity contribution is 0.0687. The molecule has 1 aromatic rings. The first-order valence-electron chi connectivity index (χ1n) is 3.80. The van der Waals surface area contributed by atoms with Gasteiger partial charge >= 0.3 is 5.97 Å². The molecule has 0 aliphatic rings. The van der Waals surface area contributed by atoms with Crippen molar-refractivity contribution in [2.75, 3.05) is 0 Å². The highest BCUT2D eigenvalue weighted by atomic mass is 16.6. The van der Waals surface area contributed by atoms with Gasteiger partial charge in [-0.1, -0.05) is 12.1 Å². The summed E-state index contributed by atoms with van der Waals surface area (Å²) in [7, 11) is 0. The summed E-state index contributed by atoms with van der Waals surface area (Å²) in [4.78, 5) is 15.2. The van der Waals surface area contributed by atoms with Crippen LogP contribution in [0.3, 0.4) is 0 Å². The minimum absolute atomic E-state index is 0.119. The van der Waals surface area contributed by atoms with Crippen molar-refractivity contribution in [2.45, 2.75) is 13.5 Å². The lowest BCUT2D eigenvalue weighted by atomic mass is 10.0. The summed E-state index contributed by atoms with van der Waals surface area (Å²) in [6, 6.07) is 5.04. The van der Waals surface area contributed by atoms with Crippen molar-refractivity contribution in [2.24, 2.45) is 5.90 Å². The Balaban J connectivity index is 3.17. The van der Waals surface area contributed by atoms with Gasteiger partial charge in [-0.25, -0.2) is 10.7 Å². The van der Waals surface area contributed by atoms with Crippen molar-refractivity contribution in [3.8, 4) is 0 Å². The molecule has 70 valence electrons. The quantitative estimate of drug-likeness (QED) is 0.684. The van der Waals surface area contributed by atoms with E-state index in [0.29, 0.717) is 5.56 Å². The van der Waals surface area contributed by atoms with Crippen molar-refractivity contribution in [1.29, 1.82) is 0 Å². The summed E-state index contributed by atoms with van der Waals surface area (Å²) in [5.41, 5.74) is 1.73. The second-order valence-corrected chi connectivity index (χ2v) is 2.72. The zero-order valence-corrected chi connectivity index (χ0v) is 7.28. The fourth-order valence-corrected chi connectivity index (χ4v) is 1.18. The van der Waals surface area contributed by atoms with Gasteiger partial charge in [0, 0.05) is 0 Å². The average molecular weight is 181 g/mol. The number of benzene rings is 1. The Kier molecular flexibility index (Phi) is 3.00. The molecule has 4 nitrogen and oxygen atoms in total. The van der Waals surface area contributed by atoms with Gasteiger partial charge in [0.1, 0.15) is 0 Å². The van der Waals surface area contributed by atoms with Crippen LogP contribution in [0.4, 0.5) is 0 Å². The largest absolute Gasteiger partial charge is 0.478 e. The monoisotopic (exact) mass is 181 g/mol. The molecule has 0 unspecified atom stereocenters. The van der Waals surface area contributed by atoms with E-state index in [1.165, 1.54) is 6.07 Å². The summed E-state index contributed by atoms with van der Waals surface area (Å²) < 4.78 is 0. The van der Waals surface area contributed by atoms with Gasteiger partial charge < -0.3 is 5.11 Å². The lowest BCUT2D eigenvalue weighted by Crippen LogP contribution is -2.08. The van der Waals surface area contributed by atoms with Crippen LogP contribution >= 0.6 is 0 Å². The van der Waals surface area contributed by atoms with E-state index < -0.39 is 5.97 Å². The Hall–Kier alpha value is -1.39. The van der Waals surface area contributed by atoms with E-state index in [0.717, 1.165) is 5.56 Å². The first kappa shape index (κ1) is 9.70. The number of rotatable bonds is 3. The van der Waals surface area contributed by atoms with Crippen LogP contribution in [0.5, 0.6) is 0 Å². The highest BCUT2D eigenvalue weighted by molar-refractivity contribution is 5.89. The number of nitrogens with two attached hydrogens (primary N) is 1. The topological polar surface area (TPSA) is 72.5 Å². The van der Waals surface area contributed by atoms with E-state index in [2.05, 4.69) is 4.84 Å². The number of aryl methyl sites for hydroxylation is 1. The minimum atomic E-state index is -0.962. The van der Waals surface area contributed by atoms with E-state index in [-0.39, 0.29) is 12.2 Å². The molecular formula is C9H11NO3. The molecule has 13 heavy (non-hydrogen) atoms. The van der Waals surface area contributed by atoms with Crippen LogP contribution in [-0.4, -0.2) is 11.1 Å². The fraction of sp³-hybridized carbons (Fsp3) is 0.222. The molecule has 0 heterocycles. The Bertz CT molecular complexity index is 323. The third kappa shape index (κ3) is 2.05. The number of carboxylic acid groups (broad SMARTS) is 1. The Morgan fingerprint density at radius 3 is 2.85 bits per heavy atom. The molecule has 1 rings (SSSR count). The highest BCUT2D eigenvalue weighted by Crippen LogP contribution is 2.14. The fourth-order valence-electron chi connectivity index (χ4n) is 1.18. The van der Waals surface area contributed by atoms with Crippen molar-refractivity contribution in [3.63, 3.8) is 0 Å². The molecule has 0 fully saturated rings. The van der Waals surface area contributed by atoms with Crippen molar-refractivity contribution in [1.82, 2.24) is 0 Å². The second-order valence-electron chi connectivity index (χ2n) is 2.72. The van der Waals surface area contributed by atoms with Gasteiger partial charge in [0.2, 0.25) is 0 Å². The van der Waals surface area contributed by atoms with Gasteiger partial charge in [0.25, 0.3) is 0 Å². The van der Waals surface area contributed by atoms with E-state index in [4.69, 9.17) is 11.0 Å². The van der Waals surface area contributed by atoms with Crippen LogP contribution in [0.15, 0.2) is 18.2 Å². The molecule has 0 saturated heterocycles. The molecule has 0 bridgehead atoms. The molecule has 3 N–H and O–H groups in total. The molecule has 4 heteroatoms. The van der Waals surface area contributed by atoms with Gasteiger partial charge in [-0.2, -0.15) is 0 Å². The van der Waals surface area contributed by atoms with Crippen molar-refractivity contribution >= 4 is 5.97 Å². The Morgan fingerprint density at radius 1 is 1.62 bits per heavy atom. The molecule has 0 amide bonds. The molecule has 0 aliphatic carbocycles. The highest BCUT2D eigenvalue weighted by Gasteiger charge is 2.10. The van der Waals surface area contributed by atoms with E-state index in [9.17, 15) is 4.79 Å². The number of hydrogen-bond donors (Lipinski definition) is 2. The van der Waals surface area contributed by atoms with Crippen LogP contribution in [0.2, 0.25) is 0 Å². The zero-order valence-electron chi connectivity index (χ0n) is 7.28. The molecule has 0 saturated carbocycles. The van der Waals surface area contributed by atoms with Crippen LogP contribution in [-0.2, 0) is 11.4 Å². The Morgan fingerprint density at radius 2 is 2.31 bits per heavy atom. The molecule has 0 atom stereocenters. The van der Waals surface area contributed by atoms with Crippen molar-refractivity contribution in [3.05, 3.63) is 34.9 Å². The smallest absolute Gasteiger partial charge is 0.336 e.